The van der Waals surface area contributed by atoms with Crippen LogP contribution in [0.3, 0.4) is 0 Å². The summed E-state index contributed by atoms with van der Waals surface area (Å²) in [7, 11) is -0.691. The fourth-order valence-corrected chi connectivity index (χ4v) is 6.82. The molecule has 1 fully saturated rings. The van der Waals surface area contributed by atoms with Crippen molar-refractivity contribution >= 4 is 41.2 Å². The van der Waals surface area contributed by atoms with E-state index in [1.807, 2.05) is 120 Å². The second-order valence-electron chi connectivity index (χ2n) is 14.5. The average Bonchev–Trinajstić information content (AvgIpc) is 3.71. The number of amides is 2. The van der Waals surface area contributed by atoms with Gasteiger partial charge in [-0.05, 0) is 88.3 Å². The Morgan fingerprint density at radius 2 is 1.51 bits per heavy atom. The Bertz CT molecular complexity index is 1880. The maximum Gasteiger partial charge on any atom is 0.482 e. The van der Waals surface area contributed by atoms with Gasteiger partial charge in [-0.15, -0.1) is 0 Å². The van der Waals surface area contributed by atoms with E-state index in [0.29, 0.717) is 24.8 Å². The van der Waals surface area contributed by atoms with Gasteiger partial charge in [-0.3, -0.25) is 14.4 Å². The number of para-hydroxylation sites is 1. The molecule has 0 spiro atoms. The molecule has 1 aromatic heterocycles. The highest BCUT2D eigenvalue weighted by Gasteiger charge is 2.54. The molecule has 3 N–H and O–H groups in total. The van der Waals surface area contributed by atoms with Crippen LogP contribution in [0.1, 0.15) is 70.2 Å². The first-order valence-corrected chi connectivity index (χ1v) is 17.2. The molecule has 1 saturated heterocycles. The van der Waals surface area contributed by atoms with Gasteiger partial charge in [0.05, 0.1) is 23.2 Å². The molecule has 3 aromatic carbocycles. The normalized spacial score (nSPS) is 18.2. The third-order valence-electron chi connectivity index (χ3n) is 10.5. The van der Waals surface area contributed by atoms with Crippen molar-refractivity contribution in [2.75, 3.05) is 0 Å². The van der Waals surface area contributed by atoms with Crippen LogP contribution in [-0.2, 0) is 43.0 Å². The van der Waals surface area contributed by atoms with Crippen LogP contribution in [0.25, 0.3) is 16.5 Å². The molecule has 8 nitrogen and oxygen atoms in total. The van der Waals surface area contributed by atoms with E-state index in [0.717, 1.165) is 38.7 Å². The molecule has 9 heteroatoms. The van der Waals surface area contributed by atoms with Crippen molar-refractivity contribution in [3.63, 3.8) is 0 Å². The van der Waals surface area contributed by atoms with Crippen molar-refractivity contribution in [3.05, 3.63) is 113 Å². The summed E-state index contributed by atoms with van der Waals surface area (Å²) in [6, 6.07) is 25.0. The zero-order chi connectivity index (χ0) is 34.9. The second-order valence-corrected chi connectivity index (χ2v) is 14.5. The lowest BCUT2D eigenvalue weighted by Gasteiger charge is -2.32. The van der Waals surface area contributed by atoms with Gasteiger partial charge in [0.2, 0.25) is 11.8 Å². The molecule has 2 amide bonds. The van der Waals surface area contributed by atoms with E-state index in [4.69, 9.17) is 9.31 Å². The van der Waals surface area contributed by atoms with E-state index < -0.39 is 36.2 Å². The first kappa shape index (κ1) is 34.4. The van der Waals surface area contributed by atoms with Crippen molar-refractivity contribution in [2.45, 2.75) is 90.4 Å². The van der Waals surface area contributed by atoms with E-state index >= 15 is 0 Å². The average molecular weight is 660 g/mol. The Hall–Kier alpha value is -4.47. The van der Waals surface area contributed by atoms with Crippen LogP contribution < -0.4 is 10.6 Å². The molecule has 0 saturated carbocycles. The Morgan fingerprint density at radius 1 is 0.857 bits per heavy atom. The Balaban J connectivity index is 1.23. The van der Waals surface area contributed by atoms with Crippen molar-refractivity contribution in [3.8, 4) is 0 Å². The number of aromatic nitrogens is 1. The van der Waals surface area contributed by atoms with Crippen LogP contribution in [0, 0.1) is 5.92 Å². The van der Waals surface area contributed by atoms with E-state index in [-0.39, 0.29) is 24.0 Å². The highest BCUT2D eigenvalue weighted by molar-refractivity contribution is 6.48. The molecule has 1 aliphatic heterocycles. The van der Waals surface area contributed by atoms with Crippen molar-refractivity contribution < 1.29 is 23.7 Å². The molecule has 0 bridgehead atoms. The maximum absolute atomic E-state index is 14.4. The minimum atomic E-state index is -0.780. The van der Waals surface area contributed by atoms with Crippen LogP contribution >= 0.6 is 0 Å². The number of H-pyrrole nitrogens is 1. The topological polar surface area (TPSA) is 110 Å². The van der Waals surface area contributed by atoms with Gasteiger partial charge in [0, 0.05) is 41.4 Å². The predicted octanol–water partition coefficient (Wildman–Crippen LogP) is 6.18. The number of hydrogen-bond acceptors (Lipinski definition) is 5. The number of fused-ring (bicyclic) bond motifs is 2. The number of carbonyl (C=O) groups excluding carboxylic acids is 3. The summed E-state index contributed by atoms with van der Waals surface area (Å²) >= 11 is 0. The SMILES string of the molecule is CC1=C(C(=O)N[C@H](C)C(=O)C[C@@H](Cc2c[nH]c3ccccc23)C(=O)N[C@@H](Cc2ccccc2)B2OC(C)(C)C(C)(C)O2)Cc2ccccc21. The number of ketones is 1. The molecule has 49 heavy (non-hydrogen) atoms. The monoisotopic (exact) mass is 659 g/mol. The quantitative estimate of drug-likeness (QED) is 0.158. The van der Waals surface area contributed by atoms with E-state index in [1.165, 1.54) is 0 Å². The third kappa shape index (κ3) is 7.29. The number of carbonyl (C=O) groups is 3. The van der Waals surface area contributed by atoms with Gasteiger partial charge in [0.1, 0.15) is 0 Å². The molecule has 2 heterocycles. The first-order valence-electron chi connectivity index (χ1n) is 17.2. The summed E-state index contributed by atoms with van der Waals surface area (Å²) in [5, 5.41) is 7.18. The number of nitrogens with one attached hydrogen (secondary N) is 3. The van der Waals surface area contributed by atoms with Gasteiger partial charge in [-0.25, -0.2) is 0 Å². The van der Waals surface area contributed by atoms with Crippen molar-refractivity contribution in [1.82, 2.24) is 15.6 Å². The molecule has 254 valence electrons. The van der Waals surface area contributed by atoms with Crippen LogP contribution in [-0.4, -0.2) is 52.9 Å². The van der Waals surface area contributed by atoms with Crippen molar-refractivity contribution in [1.29, 1.82) is 0 Å². The summed E-state index contributed by atoms with van der Waals surface area (Å²) in [5.41, 5.74) is 5.53. The van der Waals surface area contributed by atoms with Crippen LogP contribution in [0.5, 0.6) is 0 Å². The summed E-state index contributed by atoms with van der Waals surface area (Å²) in [6.45, 7) is 11.6. The molecule has 6 rings (SSSR count). The maximum atomic E-state index is 14.4. The second kappa shape index (κ2) is 13.8. The van der Waals surface area contributed by atoms with Gasteiger partial charge in [-0.2, -0.15) is 0 Å². The lowest BCUT2D eigenvalue weighted by Crippen LogP contribution is -2.51. The van der Waals surface area contributed by atoms with E-state index in [2.05, 4.69) is 15.6 Å². The number of rotatable bonds is 12. The molecule has 1 aliphatic carbocycles. The Kier molecular flexibility index (Phi) is 9.69. The number of benzene rings is 3. The summed E-state index contributed by atoms with van der Waals surface area (Å²) in [6.07, 6.45) is 3.21. The van der Waals surface area contributed by atoms with Crippen LogP contribution in [0.2, 0.25) is 0 Å². The number of aromatic amines is 1. The molecule has 0 radical (unpaired) electrons. The lowest BCUT2D eigenvalue weighted by molar-refractivity contribution is -0.131. The standard InChI is InChI=1S/C40H46BN3O5/c1-25-31-17-11-10-16-28(31)22-33(25)38(47)43-26(2)35(45)23-29(21-30-24-42-34-19-13-12-18-32(30)34)37(46)44-36(20-27-14-8-7-9-15-27)41-48-39(3,4)40(5,6)49-41/h7-19,24,26,29,36,42H,20-23H2,1-6H3,(H,43,47)(H,44,46)/t26-,29-,36+/m1/s1. The number of allylic oxidation sites excluding steroid dienone is 1. The number of hydrogen-bond donors (Lipinski definition) is 3. The van der Waals surface area contributed by atoms with Gasteiger partial charge in [0.15, 0.2) is 5.78 Å². The van der Waals surface area contributed by atoms with E-state index in [9.17, 15) is 14.4 Å². The van der Waals surface area contributed by atoms with Gasteiger partial charge in [-0.1, -0.05) is 72.8 Å². The van der Waals surface area contributed by atoms with Crippen LogP contribution in [0.15, 0.2) is 90.6 Å². The smallest absolute Gasteiger partial charge is 0.402 e. The van der Waals surface area contributed by atoms with Crippen molar-refractivity contribution in [2.24, 2.45) is 5.92 Å². The highest BCUT2D eigenvalue weighted by Crippen LogP contribution is 2.38. The molecule has 2 aliphatic rings. The van der Waals surface area contributed by atoms with Gasteiger partial charge < -0.3 is 24.9 Å². The first-order chi connectivity index (χ1) is 23.3. The minimum absolute atomic E-state index is 0.0491. The summed E-state index contributed by atoms with van der Waals surface area (Å²) in [4.78, 5) is 44.9. The largest absolute Gasteiger partial charge is 0.482 e. The molecular weight excluding hydrogens is 613 g/mol. The zero-order valence-electron chi connectivity index (χ0n) is 29.3. The number of Topliss-reactive ketones (excluding diaryl/α,β-unsaturated/α-hetero) is 1. The van der Waals surface area contributed by atoms with Gasteiger partial charge in [0.25, 0.3) is 0 Å². The third-order valence-corrected chi connectivity index (χ3v) is 10.5. The molecule has 3 atom stereocenters. The summed E-state index contributed by atoms with van der Waals surface area (Å²) in [5.74, 6) is -1.94. The molecule has 0 unspecified atom stereocenters. The minimum Gasteiger partial charge on any atom is -0.402 e. The lowest BCUT2D eigenvalue weighted by atomic mass is 9.74. The van der Waals surface area contributed by atoms with E-state index in [1.54, 1.807) is 6.92 Å². The molecular formula is C40H46BN3O5. The zero-order valence-corrected chi connectivity index (χ0v) is 29.3. The Morgan fingerprint density at radius 3 is 2.22 bits per heavy atom. The van der Waals surface area contributed by atoms with Crippen LogP contribution in [0.4, 0.5) is 0 Å². The molecule has 4 aromatic rings. The fourth-order valence-electron chi connectivity index (χ4n) is 6.82. The Labute approximate surface area is 289 Å². The van der Waals surface area contributed by atoms with Gasteiger partial charge >= 0.3 is 7.12 Å². The fraction of sp³-hybridized carbons (Fsp3) is 0.375. The summed E-state index contributed by atoms with van der Waals surface area (Å²) < 4.78 is 12.9. The predicted molar refractivity (Wildman–Crippen MR) is 194 cm³/mol. The highest BCUT2D eigenvalue weighted by atomic mass is 16.7.